The Morgan fingerprint density at radius 3 is 2.29 bits per heavy atom. The standard InChI is InChI=1S/C18H24N2S/c1-12(2)19-17(21)20-16-9-7-13-6-8-15(18(3,4)5)10-14(13)11-16/h6-12H,1-5H3,(H2,19,20,21). The van der Waals surface area contributed by atoms with Crippen molar-refractivity contribution in [2.24, 2.45) is 0 Å². The molecule has 0 unspecified atom stereocenters. The molecule has 3 heteroatoms. The smallest absolute Gasteiger partial charge is 0.170 e. The molecule has 112 valence electrons. The van der Waals surface area contributed by atoms with E-state index in [-0.39, 0.29) is 5.41 Å². The van der Waals surface area contributed by atoms with Crippen molar-refractivity contribution in [2.75, 3.05) is 5.32 Å². The van der Waals surface area contributed by atoms with Gasteiger partial charge in [0, 0.05) is 11.7 Å². The first-order valence-electron chi connectivity index (χ1n) is 7.37. The van der Waals surface area contributed by atoms with E-state index in [2.05, 4.69) is 81.7 Å². The van der Waals surface area contributed by atoms with Crippen molar-refractivity contribution in [2.45, 2.75) is 46.1 Å². The Bertz CT molecular complexity index is 654. The van der Waals surface area contributed by atoms with E-state index >= 15 is 0 Å². The van der Waals surface area contributed by atoms with Crippen LogP contribution in [0.1, 0.15) is 40.2 Å². The van der Waals surface area contributed by atoms with E-state index in [1.54, 1.807) is 0 Å². The Balaban J connectivity index is 2.29. The fourth-order valence-electron chi connectivity index (χ4n) is 2.22. The van der Waals surface area contributed by atoms with Crippen molar-refractivity contribution < 1.29 is 0 Å². The number of hydrogen-bond donors (Lipinski definition) is 2. The maximum atomic E-state index is 5.30. The Labute approximate surface area is 132 Å². The number of anilines is 1. The van der Waals surface area contributed by atoms with Crippen molar-refractivity contribution in [1.29, 1.82) is 0 Å². The summed E-state index contributed by atoms with van der Waals surface area (Å²) in [6.45, 7) is 10.8. The summed E-state index contributed by atoms with van der Waals surface area (Å²) in [4.78, 5) is 0. The van der Waals surface area contributed by atoms with E-state index in [9.17, 15) is 0 Å². The van der Waals surface area contributed by atoms with Gasteiger partial charge in [-0.15, -0.1) is 0 Å². The monoisotopic (exact) mass is 300 g/mol. The first-order valence-corrected chi connectivity index (χ1v) is 7.78. The Hall–Kier alpha value is -1.61. The molecule has 0 bridgehead atoms. The van der Waals surface area contributed by atoms with Gasteiger partial charge in [-0.3, -0.25) is 0 Å². The molecule has 0 spiro atoms. The molecule has 2 rings (SSSR count). The van der Waals surface area contributed by atoms with Crippen molar-refractivity contribution in [3.8, 4) is 0 Å². The largest absolute Gasteiger partial charge is 0.360 e. The fourth-order valence-corrected chi connectivity index (χ4v) is 2.57. The van der Waals surface area contributed by atoms with Crippen LogP contribution in [0.3, 0.4) is 0 Å². The van der Waals surface area contributed by atoms with E-state index in [0.717, 1.165) is 5.69 Å². The van der Waals surface area contributed by atoms with Crippen LogP contribution < -0.4 is 10.6 Å². The number of hydrogen-bond acceptors (Lipinski definition) is 1. The predicted molar refractivity (Wildman–Crippen MR) is 97.1 cm³/mol. The summed E-state index contributed by atoms with van der Waals surface area (Å²) in [7, 11) is 0. The Kier molecular flexibility index (Phi) is 4.52. The molecule has 0 aromatic heterocycles. The van der Waals surface area contributed by atoms with Gasteiger partial charge in [-0.2, -0.15) is 0 Å². The maximum absolute atomic E-state index is 5.30. The lowest BCUT2D eigenvalue weighted by Gasteiger charge is -2.20. The van der Waals surface area contributed by atoms with Crippen LogP contribution in [-0.4, -0.2) is 11.2 Å². The summed E-state index contributed by atoms with van der Waals surface area (Å²) >= 11 is 5.30. The molecule has 0 radical (unpaired) electrons. The number of fused-ring (bicyclic) bond motifs is 1. The molecule has 2 N–H and O–H groups in total. The molecule has 21 heavy (non-hydrogen) atoms. The van der Waals surface area contributed by atoms with Crippen LogP contribution in [0.25, 0.3) is 10.8 Å². The number of rotatable bonds is 2. The first kappa shape index (κ1) is 15.8. The minimum atomic E-state index is 0.159. The minimum absolute atomic E-state index is 0.159. The molecule has 0 aliphatic heterocycles. The predicted octanol–water partition coefficient (Wildman–Crippen LogP) is 4.83. The van der Waals surface area contributed by atoms with Crippen LogP contribution in [0.15, 0.2) is 36.4 Å². The summed E-state index contributed by atoms with van der Waals surface area (Å²) in [5.74, 6) is 0. The average molecular weight is 300 g/mol. The highest BCUT2D eigenvalue weighted by atomic mass is 32.1. The third-order valence-corrected chi connectivity index (χ3v) is 3.60. The molecule has 0 saturated heterocycles. The zero-order valence-corrected chi connectivity index (χ0v) is 14.3. The van der Waals surface area contributed by atoms with Gasteiger partial charge in [-0.1, -0.05) is 45.0 Å². The van der Waals surface area contributed by atoms with Crippen molar-refractivity contribution in [1.82, 2.24) is 5.32 Å². The molecule has 0 heterocycles. The zero-order chi connectivity index (χ0) is 15.6. The van der Waals surface area contributed by atoms with Gasteiger partial charge in [-0.05, 0) is 59.9 Å². The summed E-state index contributed by atoms with van der Waals surface area (Å²) in [6, 6.07) is 13.3. The molecule has 0 aliphatic rings. The molecule has 0 atom stereocenters. The highest BCUT2D eigenvalue weighted by molar-refractivity contribution is 7.80. The molecule has 0 saturated carbocycles. The molecule has 2 aromatic rings. The summed E-state index contributed by atoms with van der Waals surface area (Å²) in [5, 5.41) is 9.58. The van der Waals surface area contributed by atoms with Crippen molar-refractivity contribution >= 4 is 33.8 Å². The van der Waals surface area contributed by atoms with Gasteiger partial charge in [-0.25, -0.2) is 0 Å². The van der Waals surface area contributed by atoms with Crippen LogP contribution in [0, 0.1) is 0 Å². The lowest BCUT2D eigenvalue weighted by Crippen LogP contribution is -2.33. The number of benzene rings is 2. The average Bonchev–Trinajstić information content (AvgIpc) is 2.35. The second kappa shape index (κ2) is 6.02. The lowest BCUT2D eigenvalue weighted by molar-refractivity contribution is 0.591. The van der Waals surface area contributed by atoms with Gasteiger partial charge in [0.1, 0.15) is 0 Å². The van der Waals surface area contributed by atoms with E-state index in [1.165, 1.54) is 16.3 Å². The summed E-state index contributed by atoms with van der Waals surface area (Å²) < 4.78 is 0. The topological polar surface area (TPSA) is 24.1 Å². The molecular formula is C18H24N2S. The second-order valence-electron chi connectivity index (χ2n) is 6.78. The molecule has 2 nitrogen and oxygen atoms in total. The highest BCUT2D eigenvalue weighted by Gasteiger charge is 2.13. The lowest BCUT2D eigenvalue weighted by atomic mass is 9.86. The first-order chi connectivity index (χ1) is 9.75. The van der Waals surface area contributed by atoms with Gasteiger partial charge < -0.3 is 10.6 Å². The number of thiocarbonyl (C=S) groups is 1. The quantitative estimate of drug-likeness (QED) is 0.777. The van der Waals surface area contributed by atoms with Crippen molar-refractivity contribution in [3.63, 3.8) is 0 Å². The number of nitrogens with one attached hydrogen (secondary N) is 2. The maximum Gasteiger partial charge on any atom is 0.170 e. The van der Waals surface area contributed by atoms with Crippen LogP contribution in [-0.2, 0) is 5.41 Å². The van der Waals surface area contributed by atoms with E-state index < -0.39 is 0 Å². The van der Waals surface area contributed by atoms with Gasteiger partial charge in [0.05, 0.1) is 0 Å². The zero-order valence-electron chi connectivity index (χ0n) is 13.4. The van der Waals surface area contributed by atoms with Gasteiger partial charge in [0.2, 0.25) is 0 Å². The van der Waals surface area contributed by atoms with Crippen molar-refractivity contribution in [3.05, 3.63) is 42.0 Å². The van der Waals surface area contributed by atoms with Gasteiger partial charge >= 0.3 is 0 Å². The molecule has 0 fully saturated rings. The van der Waals surface area contributed by atoms with Crippen LogP contribution in [0.2, 0.25) is 0 Å². The Morgan fingerprint density at radius 2 is 1.67 bits per heavy atom. The van der Waals surface area contributed by atoms with E-state index in [4.69, 9.17) is 12.2 Å². The van der Waals surface area contributed by atoms with Gasteiger partial charge in [0.25, 0.3) is 0 Å². The molecule has 0 aliphatic carbocycles. The van der Waals surface area contributed by atoms with Crippen LogP contribution in [0.4, 0.5) is 5.69 Å². The Morgan fingerprint density at radius 1 is 1.00 bits per heavy atom. The third-order valence-electron chi connectivity index (χ3n) is 3.38. The fraction of sp³-hybridized carbons (Fsp3) is 0.389. The normalized spacial score (nSPS) is 11.7. The third kappa shape index (κ3) is 4.18. The molecule has 0 amide bonds. The molecule has 2 aromatic carbocycles. The summed E-state index contributed by atoms with van der Waals surface area (Å²) in [5.41, 5.74) is 2.52. The highest BCUT2D eigenvalue weighted by Crippen LogP contribution is 2.27. The van der Waals surface area contributed by atoms with Gasteiger partial charge in [0.15, 0.2) is 5.11 Å². The van der Waals surface area contributed by atoms with Crippen LogP contribution in [0.5, 0.6) is 0 Å². The minimum Gasteiger partial charge on any atom is -0.360 e. The SMILES string of the molecule is CC(C)NC(=S)Nc1ccc2ccc(C(C)(C)C)cc2c1. The van der Waals surface area contributed by atoms with E-state index in [1.807, 2.05) is 0 Å². The van der Waals surface area contributed by atoms with Crippen LogP contribution >= 0.6 is 12.2 Å². The van der Waals surface area contributed by atoms with E-state index in [0.29, 0.717) is 11.2 Å². The summed E-state index contributed by atoms with van der Waals surface area (Å²) in [6.07, 6.45) is 0. The molecular weight excluding hydrogens is 276 g/mol. The second-order valence-corrected chi connectivity index (χ2v) is 7.19.